The fourth-order valence-corrected chi connectivity index (χ4v) is 4.75. The molecule has 4 rings (SSSR count). The first-order valence-electron chi connectivity index (χ1n) is 11.1. The predicted octanol–water partition coefficient (Wildman–Crippen LogP) is 2.25. The molecule has 1 aromatic heterocycles. The van der Waals surface area contributed by atoms with E-state index in [9.17, 15) is 19.5 Å². The summed E-state index contributed by atoms with van der Waals surface area (Å²) < 4.78 is 0. The maximum atomic E-state index is 13.1. The highest BCUT2D eigenvalue weighted by molar-refractivity contribution is 5.93. The number of likely N-dealkylation sites (tertiary alicyclic amines) is 1. The quantitative estimate of drug-likeness (QED) is 0.545. The lowest BCUT2D eigenvalue weighted by atomic mass is 9.82. The van der Waals surface area contributed by atoms with Gasteiger partial charge < -0.3 is 26.4 Å². The number of nitrogen functional groups attached to an aromatic ring is 1. The van der Waals surface area contributed by atoms with Gasteiger partial charge in [-0.3, -0.25) is 9.59 Å². The zero-order chi connectivity index (χ0) is 22.7. The van der Waals surface area contributed by atoms with Gasteiger partial charge in [0, 0.05) is 24.7 Å². The number of aromatic nitrogens is 1. The van der Waals surface area contributed by atoms with Crippen LogP contribution in [0.2, 0.25) is 0 Å². The molecule has 1 aliphatic carbocycles. The van der Waals surface area contributed by atoms with Crippen LogP contribution in [0, 0.1) is 5.92 Å². The van der Waals surface area contributed by atoms with E-state index < -0.39 is 18.2 Å². The number of carboxylic acid groups (broad SMARTS) is 1. The van der Waals surface area contributed by atoms with Gasteiger partial charge in [0.15, 0.2) is 0 Å². The zero-order valence-corrected chi connectivity index (χ0v) is 17.9. The van der Waals surface area contributed by atoms with Crippen molar-refractivity contribution in [1.29, 1.82) is 0 Å². The van der Waals surface area contributed by atoms with Crippen molar-refractivity contribution in [1.82, 2.24) is 20.5 Å². The number of anilines is 1. The van der Waals surface area contributed by atoms with Crippen LogP contribution in [0.4, 0.5) is 10.6 Å². The molecule has 0 radical (unpaired) electrons. The third-order valence-corrected chi connectivity index (χ3v) is 6.60. The fraction of sp³-hybridized carbons (Fsp3) is 0.478. The Morgan fingerprint density at radius 1 is 1.16 bits per heavy atom. The third-order valence-electron chi connectivity index (χ3n) is 6.60. The molecule has 9 heteroatoms. The van der Waals surface area contributed by atoms with Crippen molar-refractivity contribution in [2.24, 2.45) is 5.92 Å². The standard InChI is InChI=1S/C23H29N5O4/c24-20-17-7-6-14(12-16(17)8-10-25-20)13-26-21(29)18-9-11-28(18)22(30)19(27-23(31)32)15-4-2-1-3-5-15/h6-8,10,12,15,18-19,27H,1-5,9,11,13H2,(H2,24,25)(H,26,29)(H,31,32)/t18?,19-/m1/s1. The molecule has 2 heterocycles. The molecule has 9 nitrogen and oxygen atoms in total. The number of rotatable bonds is 6. The van der Waals surface area contributed by atoms with Crippen LogP contribution in [-0.4, -0.2) is 51.5 Å². The first-order valence-corrected chi connectivity index (χ1v) is 11.1. The number of hydrogen-bond donors (Lipinski definition) is 4. The highest BCUT2D eigenvalue weighted by atomic mass is 16.4. The van der Waals surface area contributed by atoms with E-state index in [1.807, 2.05) is 24.3 Å². The van der Waals surface area contributed by atoms with Crippen molar-refractivity contribution in [2.75, 3.05) is 12.3 Å². The number of nitrogens with two attached hydrogens (primary N) is 1. The molecule has 1 saturated carbocycles. The van der Waals surface area contributed by atoms with Gasteiger partial charge in [-0.25, -0.2) is 9.78 Å². The summed E-state index contributed by atoms with van der Waals surface area (Å²) in [4.78, 5) is 42.8. The van der Waals surface area contributed by atoms with E-state index in [2.05, 4.69) is 15.6 Å². The molecule has 1 unspecified atom stereocenters. The van der Waals surface area contributed by atoms with E-state index in [1.54, 1.807) is 6.20 Å². The average molecular weight is 440 g/mol. The molecule has 1 aromatic carbocycles. The van der Waals surface area contributed by atoms with Gasteiger partial charge in [0.2, 0.25) is 11.8 Å². The second-order valence-electron chi connectivity index (χ2n) is 8.63. The van der Waals surface area contributed by atoms with Crippen molar-refractivity contribution in [3.8, 4) is 0 Å². The topological polar surface area (TPSA) is 138 Å². The Bertz CT molecular complexity index is 1020. The van der Waals surface area contributed by atoms with E-state index in [1.165, 1.54) is 4.90 Å². The van der Waals surface area contributed by atoms with Gasteiger partial charge in [0.1, 0.15) is 17.9 Å². The molecule has 32 heavy (non-hydrogen) atoms. The van der Waals surface area contributed by atoms with Crippen LogP contribution in [0.5, 0.6) is 0 Å². The molecular formula is C23H29N5O4. The number of fused-ring (bicyclic) bond motifs is 1. The van der Waals surface area contributed by atoms with Crippen molar-refractivity contribution >= 4 is 34.5 Å². The lowest BCUT2D eigenvalue weighted by Crippen LogP contribution is -2.63. The Hall–Kier alpha value is -3.36. The molecule has 2 fully saturated rings. The van der Waals surface area contributed by atoms with Crippen LogP contribution < -0.4 is 16.4 Å². The van der Waals surface area contributed by atoms with Crippen LogP contribution in [0.1, 0.15) is 44.1 Å². The number of carbonyl (C=O) groups is 3. The molecule has 5 N–H and O–H groups in total. The molecule has 1 aliphatic heterocycles. The smallest absolute Gasteiger partial charge is 0.405 e. The van der Waals surface area contributed by atoms with Crippen LogP contribution in [-0.2, 0) is 16.1 Å². The molecule has 0 spiro atoms. The Balaban J connectivity index is 1.38. The number of benzene rings is 1. The fourth-order valence-electron chi connectivity index (χ4n) is 4.75. The summed E-state index contributed by atoms with van der Waals surface area (Å²) in [6.45, 7) is 0.790. The van der Waals surface area contributed by atoms with Crippen molar-refractivity contribution in [2.45, 2.75) is 57.2 Å². The first-order chi connectivity index (χ1) is 15.4. The van der Waals surface area contributed by atoms with Gasteiger partial charge in [-0.1, -0.05) is 31.4 Å². The average Bonchev–Trinajstić information content (AvgIpc) is 2.76. The SMILES string of the molecule is Nc1nccc2cc(CNC(=O)C3CCN3C(=O)[C@H](NC(=O)O)C3CCCCC3)ccc12. The molecular weight excluding hydrogens is 410 g/mol. The maximum Gasteiger partial charge on any atom is 0.405 e. The normalized spacial score (nSPS) is 19.8. The minimum atomic E-state index is -1.21. The van der Waals surface area contributed by atoms with E-state index in [0.717, 1.165) is 48.4 Å². The Labute approximate surface area is 186 Å². The number of carbonyl (C=O) groups excluding carboxylic acids is 2. The Morgan fingerprint density at radius 2 is 1.94 bits per heavy atom. The lowest BCUT2D eigenvalue weighted by molar-refractivity contribution is -0.150. The van der Waals surface area contributed by atoms with Crippen LogP contribution in [0.25, 0.3) is 10.8 Å². The largest absolute Gasteiger partial charge is 0.465 e. The zero-order valence-electron chi connectivity index (χ0n) is 17.9. The second kappa shape index (κ2) is 9.42. The van der Waals surface area contributed by atoms with Crippen molar-refractivity contribution in [3.05, 3.63) is 36.0 Å². The maximum absolute atomic E-state index is 13.1. The Morgan fingerprint density at radius 3 is 2.62 bits per heavy atom. The summed E-state index contributed by atoms with van der Waals surface area (Å²) in [5, 5.41) is 16.4. The van der Waals surface area contributed by atoms with Crippen LogP contribution in [0.15, 0.2) is 30.5 Å². The number of nitrogens with one attached hydrogen (secondary N) is 2. The van der Waals surface area contributed by atoms with E-state index in [-0.39, 0.29) is 17.7 Å². The van der Waals surface area contributed by atoms with Crippen LogP contribution >= 0.6 is 0 Å². The molecule has 0 bridgehead atoms. The summed E-state index contributed by atoms with van der Waals surface area (Å²) >= 11 is 0. The van der Waals surface area contributed by atoms with Gasteiger partial charge in [0.05, 0.1) is 0 Å². The minimum Gasteiger partial charge on any atom is -0.465 e. The summed E-state index contributed by atoms with van der Waals surface area (Å²) in [5.74, 6) is -0.0728. The van der Waals surface area contributed by atoms with Crippen LogP contribution in [0.3, 0.4) is 0 Å². The highest BCUT2D eigenvalue weighted by Gasteiger charge is 2.42. The molecule has 1 saturated heterocycles. The number of amides is 3. The molecule has 2 atom stereocenters. The molecule has 2 aromatic rings. The van der Waals surface area contributed by atoms with Gasteiger partial charge in [-0.15, -0.1) is 0 Å². The number of nitrogens with zero attached hydrogens (tertiary/aromatic N) is 2. The minimum absolute atomic E-state index is 0.0174. The summed E-state index contributed by atoms with van der Waals surface area (Å²) in [6, 6.07) is 6.23. The number of pyridine rings is 1. The first kappa shape index (κ1) is 21.9. The lowest BCUT2D eigenvalue weighted by Gasteiger charge is -2.43. The van der Waals surface area contributed by atoms with Crippen molar-refractivity contribution in [3.63, 3.8) is 0 Å². The van der Waals surface area contributed by atoms with E-state index >= 15 is 0 Å². The molecule has 3 amide bonds. The van der Waals surface area contributed by atoms with Gasteiger partial charge >= 0.3 is 6.09 Å². The summed E-state index contributed by atoms with van der Waals surface area (Å²) in [6.07, 6.45) is 5.75. The monoisotopic (exact) mass is 439 g/mol. The second-order valence-corrected chi connectivity index (χ2v) is 8.63. The third kappa shape index (κ3) is 4.61. The predicted molar refractivity (Wildman–Crippen MR) is 120 cm³/mol. The molecule has 2 aliphatic rings. The summed E-state index contributed by atoms with van der Waals surface area (Å²) in [5.41, 5.74) is 6.80. The molecule has 170 valence electrons. The van der Waals surface area contributed by atoms with Gasteiger partial charge in [-0.2, -0.15) is 0 Å². The highest BCUT2D eigenvalue weighted by Crippen LogP contribution is 2.29. The van der Waals surface area contributed by atoms with Crippen molar-refractivity contribution < 1.29 is 19.5 Å². The van der Waals surface area contributed by atoms with E-state index in [4.69, 9.17) is 5.73 Å². The Kier molecular flexibility index (Phi) is 6.43. The summed E-state index contributed by atoms with van der Waals surface area (Å²) in [7, 11) is 0. The van der Waals surface area contributed by atoms with E-state index in [0.29, 0.717) is 25.3 Å². The van der Waals surface area contributed by atoms with Gasteiger partial charge in [-0.05, 0) is 48.3 Å². The number of hydrogen-bond acceptors (Lipinski definition) is 5. The van der Waals surface area contributed by atoms with Gasteiger partial charge in [0.25, 0.3) is 0 Å².